The van der Waals surface area contributed by atoms with Crippen molar-refractivity contribution in [1.29, 1.82) is 0 Å². The summed E-state index contributed by atoms with van der Waals surface area (Å²) < 4.78 is 27.5. The first-order valence-electron chi connectivity index (χ1n) is 6.28. The molecule has 0 bridgehead atoms. The third-order valence-corrected chi connectivity index (χ3v) is 4.56. The number of nitrogens with one attached hydrogen (secondary N) is 2. The Kier molecular flexibility index (Phi) is 5.82. The van der Waals surface area contributed by atoms with Gasteiger partial charge < -0.3 is 10.1 Å². The van der Waals surface area contributed by atoms with Crippen molar-refractivity contribution in [3.8, 4) is 0 Å². The lowest BCUT2D eigenvalue weighted by atomic mass is 10.2. The third kappa shape index (κ3) is 5.48. The molecular formula is C13H20N2O4S. The minimum atomic E-state index is -3.00. The van der Waals surface area contributed by atoms with Crippen LogP contribution < -0.4 is 10.6 Å². The fourth-order valence-corrected chi connectivity index (χ4v) is 2.72. The molecular weight excluding hydrogens is 280 g/mol. The fourth-order valence-electron chi connectivity index (χ4n) is 1.64. The molecule has 2 N–H and O–H groups in total. The number of methoxy groups -OCH3 is 1. The molecule has 112 valence electrons. The average Bonchev–Trinajstić information content (AvgIpc) is 2.40. The van der Waals surface area contributed by atoms with Gasteiger partial charge in [-0.3, -0.25) is 5.32 Å². The lowest BCUT2D eigenvalue weighted by Gasteiger charge is -2.15. The van der Waals surface area contributed by atoms with Gasteiger partial charge in [0.25, 0.3) is 0 Å². The van der Waals surface area contributed by atoms with Crippen molar-refractivity contribution in [2.45, 2.75) is 19.9 Å². The topological polar surface area (TPSA) is 84.5 Å². The molecule has 1 amide bonds. The van der Waals surface area contributed by atoms with Crippen LogP contribution in [0.15, 0.2) is 24.3 Å². The molecule has 1 aromatic carbocycles. The molecule has 0 aromatic heterocycles. The lowest BCUT2D eigenvalue weighted by Crippen LogP contribution is -2.26. The number of amides is 1. The van der Waals surface area contributed by atoms with Crippen molar-refractivity contribution in [2.75, 3.05) is 29.2 Å². The second-order valence-corrected chi connectivity index (χ2v) is 6.84. The lowest BCUT2D eigenvalue weighted by molar-refractivity contribution is 0.187. The van der Waals surface area contributed by atoms with E-state index in [2.05, 4.69) is 15.4 Å². The molecule has 0 saturated carbocycles. The van der Waals surface area contributed by atoms with Crippen molar-refractivity contribution < 1.29 is 17.9 Å². The molecule has 0 fully saturated rings. The highest BCUT2D eigenvalue weighted by Crippen LogP contribution is 2.15. The highest BCUT2D eigenvalue weighted by Gasteiger charge is 2.13. The molecule has 20 heavy (non-hydrogen) atoms. The summed E-state index contributed by atoms with van der Waals surface area (Å²) in [7, 11) is -1.71. The first-order valence-corrected chi connectivity index (χ1v) is 8.10. The molecule has 0 saturated heterocycles. The Morgan fingerprint density at radius 3 is 2.30 bits per heavy atom. The van der Waals surface area contributed by atoms with Crippen LogP contribution in [0.1, 0.15) is 13.8 Å². The van der Waals surface area contributed by atoms with Gasteiger partial charge in [0.1, 0.15) is 0 Å². The van der Waals surface area contributed by atoms with Crippen LogP contribution >= 0.6 is 0 Å². The summed E-state index contributed by atoms with van der Waals surface area (Å²) in [5.74, 6) is 0.229. The Balaban J connectivity index is 2.59. The molecule has 0 aliphatic carbocycles. The first-order chi connectivity index (χ1) is 9.36. The zero-order valence-corrected chi connectivity index (χ0v) is 12.7. The van der Waals surface area contributed by atoms with Crippen LogP contribution in [0.5, 0.6) is 0 Å². The number of rotatable bonds is 6. The Labute approximate surface area is 119 Å². The SMILES string of the molecule is CCS(=O)(=O)CC(C)Nc1ccc(NC(=O)OC)cc1. The maximum absolute atomic E-state index is 11.5. The number of ether oxygens (including phenoxy) is 1. The molecule has 0 aliphatic rings. The zero-order valence-electron chi connectivity index (χ0n) is 11.8. The van der Waals surface area contributed by atoms with Gasteiger partial charge in [-0.1, -0.05) is 6.92 Å². The second-order valence-electron chi connectivity index (χ2n) is 4.44. The number of carbonyl (C=O) groups is 1. The van der Waals surface area contributed by atoms with E-state index < -0.39 is 15.9 Å². The van der Waals surface area contributed by atoms with E-state index in [4.69, 9.17) is 0 Å². The van der Waals surface area contributed by atoms with E-state index in [0.29, 0.717) is 5.69 Å². The van der Waals surface area contributed by atoms with Crippen molar-refractivity contribution in [2.24, 2.45) is 0 Å². The van der Waals surface area contributed by atoms with Crippen LogP contribution in [0.25, 0.3) is 0 Å². The predicted octanol–water partition coefficient (Wildman–Crippen LogP) is 2.10. The van der Waals surface area contributed by atoms with Gasteiger partial charge in [0.2, 0.25) is 0 Å². The number of carbonyl (C=O) groups excluding carboxylic acids is 1. The quantitative estimate of drug-likeness (QED) is 0.840. The van der Waals surface area contributed by atoms with Crippen molar-refractivity contribution in [3.05, 3.63) is 24.3 Å². The first kappa shape index (κ1) is 16.3. The Morgan fingerprint density at radius 2 is 1.80 bits per heavy atom. The Morgan fingerprint density at radius 1 is 1.25 bits per heavy atom. The number of hydrogen-bond donors (Lipinski definition) is 2. The number of anilines is 2. The highest BCUT2D eigenvalue weighted by molar-refractivity contribution is 7.91. The zero-order chi connectivity index (χ0) is 15.2. The predicted molar refractivity (Wildman–Crippen MR) is 79.9 cm³/mol. The minimum Gasteiger partial charge on any atom is -0.453 e. The maximum atomic E-state index is 11.5. The van der Waals surface area contributed by atoms with E-state index >= 15 is 0 Å². The van der Waals surface area contributed by atoms with Crippen molar-refractivity contribution >= 4 is 27.3 Å². The molecule has 0 heterocycles. The molecule has 1 aromatic rings. The molecule has 0 radical (unpaired) electrons. The van der Waals surface area contributed by atoms with Gasteiger partial charge in [-0.05, 0) is 31.2 Å². The average molecular weight is 300 g/mol. The van der Waals surface area contributed by atoms with E-state index in [1.54, 1.807) is 31.2 Å². The van der Waals surface area contributed by atoms with E-state index in [1.807, 2.05) is 6.92 Å². The van der Waals surface area contributed by atoms with E-state index in [9.17, 15) is 13.2 Å². The molecule has 1 atom stereocenters. The highest BCUT2D eigenvalue weighted by atomic mass is 32.2. The molecule has 1 rings (SSSR count). The molecule has 6 nitrogen and oxygen atoms in total. The van der Waals surface area contributed by atoms with E-state index in [1.165, 1.54) is 7.11 Å². The summed E-state index contributed by atoms with van der Waals surface area (Å²) >= 11 is 0. The van der Waals surface area contributed by atoms with Gasteiger partial charge in [0.05, 0.1) is 12.9 Å². The normalized spacial score (nSPS) is 12.6. The van der Waals surface area contributed by atoms with Crippen LogP contribution in [0.2, 0.25) is 0 Å². The Bertz CT molecular complexity index is 540. The van der Waals surface area contributed by atoms with E-state index in [0.717, 1.165) is 5.69 Å². The van der Waals surface area contributed by atoms with Gasteiger partial charge in [-0.15, -0.1) is 0 Å². The van der Waals surface area contributed by atoms with E-state index in [-0.39, 0.29) is 17.5 Å². The summed E-state index contributed by atoms with van der Waals surface area (Å²) in [6, 6.07) is 6.76. The number of hydrogen-bond acceptors (Lipinski definition) is 5. The number of benzene rings is 1. The minimum absolute atomic E-state index is 0.0890. The smallest absolute Gasteiger partial charge is 0.411 e. The molecule has 0 spiro atoms. The summed E-state index contributed by atoms with van der Waals surface area (Å²) in [6.07, 6.45) is -0.534. The molecule has 7 heteroatoms. The van der Waals surface area contributed by atoms with Crippen LogP contribution in [-0.4, -0.2) is 39.2 Å². The molecule has 1 unspecified atom stereocenters. The number of sulfone groups is 1. The van der Waals surface area contributed by atoms with Gasteiger partial charge in [0, 0.05) is 23.2 Å². The van der Waals surface area contributed by atoms with Crippen LogP contribution in [0.3, 0.4) is 0 Å². The Hall–Kier alpha value is -1.76. The summed E-state index contributed by atoms with van der Waals surface area (Å²) in [6.45, 7) is 3.45. The van der Waals surface area contributed by atoms with Gasteiger partial charge >= 0.3 is 6.09 Å². The van der Waals surface area contributed by atoms with Crippen molar-refractivity contribution in [1.82, 2.24) is 0 Å². The fraction of sp³-hybridized carbons (Fsp3) is 0.462. The van der Waals surface area contributed by atoms with Gasteiger partial charge in [-0.25, -0.2) is 13.2 Å². The second kappa shape index (κ2) is 7.14. The summed E-state index contributed by atoms with van der Waals surface area (Å²) in [5, 5.41) is 5.64. The van der Waals surface area contributed by atoms with Crippen molar-refractivity contribution in [3.63, 3.8) is 0 Å². The van der Waals surface area contributed by atoms with Gasteiger partial charge in [0.15, 0.2) is 9.84 Å². The molecule has 0 aliphatic heterocycles. The largest absolute Gasteiger partial charge is 0.453 e. The monoisotopic (exact) mass is 300 g/mol. The third-order valence-electron chi connectivity index (χ3n) is 2.67. The van der Waals surface area contributed by atoms with Crippen LogP contribution in [0.4, 0.5) is 16.2 Å². The summed E-state index contributed by atoms with van der Waals surface area (Å²) in [4.78, 5) is 11.0. The van der Waals surface area contributed by atoms with Crippen LogP contribution in [-0.2, 0) is 14.6 Å². The van der Waals surface area contributed by atoms with Crippen LogP contribution in [0, 0.1) is 0 Å². The standard InChI is InChI=1S/C13H20N2O4S/c1-4-20(17,18)9-10(2)14-11-5-7-12(8-6-11)15-13(16)19-3/h5-8,10,14H,4,9H2,1-3H3,(H,15,16). The van der Waals surface area contributed by atoms with Gasteiger partial charge in [-0.2, -0.15) is 0 Å². The maximum Gasteiger partial charge on any atom is 0.411 e. The summed E-state index contributed by atoms with van der Waals surface area (Å²) in [5.41, 5.74) is 1.40.